The summed E-state index contributed by atoms with van der Waals surface area (Å²) in [6.45, 7) is 0. The molecule has 2 atom stereocenters. The van der Waals surface area contributed by atoms with Crippen molar-refractivity contribution in [3.63, 3.8) is 0 Å². The van der Waals surface area contributed by atoms with Gasteiger partial charge in [-0.2, -0.15) is 0 Å². The Morgan fingerprint density at radius 1 is 1.29 bits per heavy atom. The Hall–Kier alpha value is -0.350. The monoisotopic (exact) mass is 274 g/mol. The highest BCUT2D eigenvalue weighted by Gasteiger charge is 2.45. The first-order valence-corrected chi connectivity index (χ1v) is 7.17. The van der Waals surface area contributed by atoms with Crippen LogP contribution in [0.3, 0.4) is 0 Å². The van der Waals surface area contributed by atoms with Gasteiger partial charge in [-0.05, 0) is 24.1 Å². The summed E-state index contributed by atoms with van der Waals surface area (Å²) in [5.74, 6) is 0.220. The van der Waals surface area contributed by atoms with Crippen LogP contribution in [0.25, 0.3) is 0 Å². The maximum absolute atomic E-state index is 11.2. The van der Waals surface area contributed by atoms with Gasteiger partial charge in [0, 0.05) is 16.6 Å². The van der Waals surface area contributed by atoms with Gasteiger partial charge in [0.05, 0.1) is 5.25 Å². The summed E-state index contributed by atoms with van der Waals surface area (Å²) >= 11 is 3.35. The van der Waals surface area contributed by atoms with E-state index >= 15 is 0 Å². The molecule has 1 aromatic carbocycles. The highest BCUT2D eigenvalue weighted by atomic mass is 79.9. The number of hydrogen-bond donors (Lipinski definition) is 0. The van der Waals surface area contributed by atoms with Gasteiger partial charge in [-0.15, -0.1) is 0 Å². The third kappa shape index (κ3) is 2.01. The molecule has 1 aliphatic rings. The van der Waals surface area contributed by atoms with Crippen molar-refractivity contribution in [2.75, 3.05) is 6.26 Å². The van der Waals surface area contributed by atoms with Crippen molar-refractivity contribution in [1.29, 1.82) is 0 Å². The van der Waals surface area contributed by atoms with Crippen LogP contribution >= 0.6 is 15.9 Å². The zero-order valence-corrected chi connectivity index (χ0v) is 10.2. The van der Waals surface area contributed by atoms with Crippen molar-refractivity contribution in [3.05, 3.63) is 34.3 Å². The van der Waals surface area contributed by atoms with Crippen LogP contribution in [0.4, 0.5) is 0 Å². The molecule has 2 nitrogen and oxygen atoms in total. The first-order chi connectivity index (χ1) is 6.48. The summed E-state index contributed by atoms with van der Waals surface area (Å²) in [4.78, 5) is 0. The zero-order valence-electron chi connectivity index (χ0n) is 7.77. The van der Waals surface area contributed by atoms with Gasteiger partial charge < -0.3 is 0 Å². The molecule has 0 bridgehead atoms. The SMILES string of the molecule is CS(=O)(=O)[C@@H]1C[C@@H]1c1ccc(Br)cc1. The molecular formula is C10H11BrO2S. The fourth-order valence-corrected chi connectivity index (χ4v) is 3.28. The molecular weight excluding hydrogens is 264 g/mol. The predicted octanol–water partition coefficient (Wildman–Crippen LogP) is 2.35. The molecule has 0 heterocycles. The molecule has 0 unspecified atom stereocenters. The van der Waals surface area contributed by atoms with Gasteiger partial charge in [0.15, 0.2) is 9.84 Å². The molecule has 4 heteroatoms. The molecule has 0 N–H and O–H groups in total. The average molecular weight is 275 g/mol. The summed E-state index contributed by atoms with van der Waals surface area (Å²) < 4.78 is 23.5. The molecule has 0 saturated heterocycles. The highest BCUT2D eigenvalue weighted by molar-refractivity contribution is 9.10. The molecule has 76 valence electrons. The average Bonchev–Trinajstić information content (AvgIpc) is 2.83. The van der Waals surface area contributed by atoms with Crippen LogP contribution in [-0.4, -0.2) is 19.9 Å². The Bertz CT molecular complexity index is 436. The van der Waals surface area contributed by atoms with Gasteiger partial charge >= 0.3 is 0 Å². The lowest BCUT2D eigenvalue weighted by Gasteiger charge is -1.99. The second kappa shape index (κ2) is 3.35. The van der Waals surface area contributed by atoms with Crippen molar-refractivity contribution >= 4 is 25.8 Å². The topological polar surface area (TPSA) is 34.1 Å². The van der Waals surface area contributed by atoms with E-state index in [1.165, 1.54) is 6.26 Å². The maximum atomic E-state index is 11.2. The molecule has 0 amide bonds. The first-order valence-electron chi connectivity index (χ1n) is 4.43. The van der Waals surface area contributed by atoms with E-state index in [9.17, 15) is 8.42 Å². The molecule has 1 aromatic rings. The van der Waals surface area contributed by atoms with Crippen molar-refractivity contribution in [2.45, 2.75) is 17.6 Å². The summed E-state index contributed by atoms with van der Waals surface area (Å²) in [5.41, 5.74) is 1.13. The molecule has 0 aromatic heterocycles. The van der Waals surface area contributed by atoms with Crippen LogP contribution in [0.1, 0.15) is 17.9 Å². The predicted molar refractivity (Wildman–Crippen MR) is 60.1 cm³/mol. The van der Waals surface area contributed by atoms with E-state index in [2.05, 4.69) is 15.9 Å². The molecule has 0 aliphatic heterocycles. The fraction of sp³-hybridized carbons (Fsp3) is 0.400. The van der Waals surface area contributed by atoms with Gasteiger partial charge in [0.25, 0.3) is 0 Å². The van der Waals surface area contributed by atoms with Crippen LogP contribution in [0.5, 0.6) is 0 Å². The lowest BCUT2D eigenvalue weighted by atomic mass is 10.1. The second-order valence-electron chi connectivity index (χ2n) is 3.76. The Labute approximate surface area is 92.4 Å². The van der Waals surface area contributed by atoms with Crippen LogP contribution < -0.4 is 0 Å². The van der Waals surface area contributed by atoms with Crippen molar-refractivity contribution in [3.8, 4) is 0 Å². The Morgan fingerprint density at radius 2 is 1.86 bits per heavy atom. The molecule has 1 aliphatic carbocycles. The maximum Gasteiger partial charge on any atom is 0.150 e. The molecule has 1 saturated carbocycles. The van der Waals surface area contributed by atoms with Crippen molar-refractivity contribution < 1.29 is 8.42 Å². The third-order valence-electron chi connectivity index (χ3n) is 2.58. The normalized spacial score (nSPS) is 26.1. The second-order valence-corrected chi connectivity index (χ2v) is 6.94. The van der Waals surface area contributed by atoms with Crippen LogP contribution in [0.15, 0.2) is 28.7 Å². The highest BCUT2D eigenvalue weighted by Crippen LogP contribution is 2.45. The largest absolute Gasteiger partial charge is 0.229 e. The lowest BCUT2D eigenvalue weighted by Crippen LogP contribution is -2.04. The Kier molecular flexibility index (Phi) is 2.43. The summed E-state index contributed by atoms with van der Waals surface area (Å²) in [6.07, 6.45) is 2.09. The van der Waals surface area contributed by atoms with E-state index in [0.717, 1.165) is 16.5 Å². The smallest absolute Gasteiger partial charge is 0.150 e. The number of rotatable bonds is 2. The Morgan fingerprint density at radius 3 is 2.29 bits per heavy atom. The van der Waals surface area contributed by atoms with E-state index in [0.29, 0.717) is 0 Å². The van der Waals surface area contributed by atoms with Gasteiger partial charge in [0.1, 0.15) is 0 Å². The number of benzene rings is 1. The summed E-state index contributed by atoms with van der Waals surface area (Å²) in [6, 6.07) is 7.87. The molecule has 0 spiro atoms. The third-order valence-corrected chi connectivity index (χ3v) is 4.73. The number of sulfone groups is 1. The lowest BCUT2D eigenvalue weighted by molar-refractivity contribution is 0.600. The van der Waals surface area contributed by atoms with Crippen LogP contribution in [0, 0.1) is 0 Å². The molecule has 14 heavy (non-hydrogen) atoms. The van der Waals surface area contributed by atoms with Gasteiger partial charge in [-0.1, -0.05) is 28.1 Å². The standard InChI is InChI=1S/C10H11BrO2S/c1-14(12,13)10-6-9(10)7-2-4-8(11)5-3-7/h2-5,9-10H,6H2,1H3/t9-,10-/m1/s1. The van der Waals surface area contributed by atoms with Crippen molar-refractivity contribution in [1.82, 2.24) is 0 Å². The number of hydrogen-bond acceptors (Lipinski definition) is 2. The minimum atomic E-state index is -2.85. The minimum Gasteiger partial charge on any atom is -0.229 e. The van der Waals surface area contributed by atoms with E-state index in [4.69, 9.17) is 0 Å². The fourth-order valence-electron chi connectivity index (χ4n) is 1.71. The zero-order chi connectivity index (χ0) is 10.3. The van der Waals surface area contributed by atoms with E-state index in [-0.39, 0.29) is 11.2 Å². The van der Waals surface area contributed by atoms with E-state index in [1.807, 2.05) is 24.3 Å². The van der Waals surface area contributed by atoms with Gasteiger partial charge in [0.2, 0.25) is 0 Å². The Balaban J connectivity index is 2.18. The number of halogens is 1. The van der Waals surface area contributed by atoms with Crippen LogP contribution in [-0.2, 0) is 9.84 Å². The first kappa shape index (κ1) is 10.2. The van der Waals surface area contributed by atoms with Gasteiger partial charge in [-0.3, -0.25) is 0 Å². The summed E-state index contributed by atoms with van der Waals surface area (Å²) in [7, 11) is -2.85. The van der Waals surface area contributed by atoms with E-state index in [1.54, 1.807) is 0 Å². The molecule has 1 fully saturated rings. The quantitative estimate of drug-likeness (QED) is 0.830. The van der Waals surface area contributed by atoms with Crippen molar-refractivity contribution in [2.24, 2.45) is 0 Å². The summed E-state index contributed by atoms with van der Waals surface area (Å²) in [5, 5.41) is -0.149. The van der Waals surface area contributed by atoms with Gasteiger partial charge in [-0.25, -0.2) is 8.42 Å². The van der Waals surface area contributed by atoms with Crippen LogP contribution in [0.2, 0.25) is 0 Å². The minimum absolute atomic E-state index is 0.149. The molecule has 2 rings (SSSR count). The van der Waals surface area contributed by atoms with E-state index < -0.39 is 9.84 Å². The molecule has 0 radical (unpaired) electrons.